The van der Waals surface area contributed by atoms with Crippen LogP contribution in [-0.2, 0) is 9.53 Å². The maximum atomic E-state index is 15.1. The summed E-state index contributed by atoms with van der Waals surface area (Å²) in [6, 6.07) is 10.0. The second-order valence-electron chi connectivity index (χ2n) is 8.83. The third-order valence-electron chi connectivity index (χ3n) is 6.83. The normalized spacial score (nSPS) is 24.9. The molecule has 2 saturated heterocycles. The summed E-state index contributed by atoms with van der Waals surface area (Å²) in [4.78, 5) is 23.2. The number of ether oxygens (including phenoxy) is 1. The Morgan fingerprint density at radius 1 is 1.17 bits per heavy atom. The van der Waals surface area contributed by atoms with Crippen molar-refractivity contribution < 1.29 is 19.0 Å². The molecule has 4 atom stereocenters. The number of nitrogens with zero attached hydrogens (tertiary/aromatic N) is 3. The van der Waals surface area contributed by atoms with Gasteiger partial charge in [-0.2, -0.15) is 0 Å². The molecule has 1 amide bonds. The number of fused-ring (bicyclic) bond motifs is 2. The Bertz CT molecular complexity index is 1320. The molecule has 180 valence electrons. The van der Waals surface area contributed by atoms with E-state index >= 15 is 4.39 Å². The van der Waals surface area contributed by atoms with Crippen LogP contribution in [0.4, 0.5) is 10.1 Å². The summed E-state index contributed by atoms with van der Waals surface area (Å²) >= 11 is 1.43. The predicted molar refractivity (Wildman–Crippen MR) is 132 cm³/mol. The van der Waals surface area contributed by atoms with Gasteiger partial charge in [-0.15, -0.1) is 11.8 Å². The predicted octanol–water partition coefficient (Wildman–Crippen LogP) is 2.55. The molecule has 2 aromatic carbocycles. The number of aliphatic hydroxyl groups excluding tert-OH is 1. The lowest BCUT2D eigenvalue weighted by atomic mass is 9.86. The minimum atomic E-state index is -0.966. The number of thioether (sulfide) groups is 1. The van der Waals surface area contributed by atoms with Crippen LogP contribution >= 0.6 is 11.8 Å². The van der Waals surface area contributed by atoms with E-state index in [1.807, 2.05) is 29.7 Å². The zero-order chi connectivity index (χ0) is 23.9. The second kappa shape index (κ2) is 9.19. The highest BCUT2D eigenvalue weighted by atomic mass is 32.2. The van der Waals surface area contributed by atoms with Crippen LogP contribution in [-0.4, -0.2) is 58.6 Å². The summed E-state index contributed by atoms with van der Waals surface area (Å²) in [5, 5.41) is 13.5. The van der Waals surface area contributed by atoms with Gasteiger partial charge in [0.1, 0.15) is 12.1 Å². The molecule has 4 unspecified atom stereocenters. The molecule has 0 spiro atoms. The third-order valence-corrected chi connectivity index (χ3v) is 7.97. The summed E-state index contributed by atoms with van der Waals surface area (Å²) in [7, 11) is 0. The van der Waals surface area contributed by atoms with Gasteiger partial charge in [-0.1, -0.05) is 12.1 Å². The van der Waals surface area contributed by atoms with E-state index in [4.69, 9.17) is 4.74 Å². The van der Waals surface area contributed by atoms with Crippen molar-refractivity contribution >= 4 is 34.3 Å². The summed E-state index contributed by atoms with van der Waals surface area (Å²) in [6.45, 7) is 2.98. The van der Waals surface area contributed by atoms with Crippen molar-refractivity contribution in [2.24, 2.45) is 5.92 Å². The Morgan fingerprint density at radius 3 is 2.89 bits per heavy atom. The Balaban J connectivity index is 1.34. The van der Waals surface area contributed by atoms with Crippen molar-refractivity contribution in [3.05, 3.63) is 65.6 Å². The lowest BCUT2D eigenvalue weighted by molar-refractivity contribution is -0.125. The number of halogens is 1. The number of anilines is 1. The number of carbonyl (C=O) groups excluding carboxylic acids is 1. The van der Waals surface area contributed by atoms with Crippen molar-refractivity contribution in [3.63, 3.8) is 0 Å². The highest BCUT2D eigenvalue weighted by Gasteiger charge is 2.43. The zero-order valence-corrected chi connectivity index (χ0v) is 19.5. The average molecular weight is 494 g/mol. The lowest BCUT2D eigenvalue weighted by Crippen LogP contribution is -2.60. The number of carbonyl (C=O) groups is 1. The molecule has 3 aromatic rings. The quantitative estimate of drug-likeness (QED) is 0.510. The number of amides is 1. The first-order chi connectivity index (χ1) is 17.1. The highest BCUT2D eigenvalue weighted by Crippen LogP contribution is 2.39. The SMILES string of the molecule is O=C1NNC(C(O)c2ccc(F)c(-c3ncnc4cc(N5CCOCC5)ccc34)c2)C2C=CSC12. The Hall–Kier alpha value is -3.05. The number of hydrogen-bond acceptors (Lipinski definition) is 8. The van der Waals surface area contributed by atoms with Crippen LogP contribution in [0.3, 0.4) is 0 Å². The number of hydrogen-bond donors (Lipinski definition) is 3. The van der Waals surface area contributed by atoms with Crippen molar-refractivity contribution in [1.29, 1.82) is 0 Å². The molecule has 3 aliphatic heterocycles. The molecule has 3 N–H and O–H groups in total. The molecule has 8 nitrogen and oxygen atoms in total. The minimum absolute atomic E-state index is 0.114. The van der Waals surface area contributed by atoms with Crippen LogP contribution in [0.1, 0.15) is 11.7 Å². The van der Waals surface area contributed by atoms with E-state index < -0.39 is 18.0 Å². The van der Waals surface area contributed by atoms with Crippen LogP contribution in [0, 0.1) is 11.7 Å². The fourth-order valence-corrected chi connectivity index (χ4v) is 6.03. The fraction of sp³-hybridized carbons (Fsp3) is 0.320. The van der Waals surface area contributed by atoms with Gasteiger partial charge in [-0.3, -0.25) is 10.2 Å². The van der Waals surface area contributed by atoms with Crippen molar-refractivity contribution in [2.45, 2.75) is 17.4 Å². The van der Waals surface area contributed by atoms with Crippen LogP contribution in [0.2, 0.25) is 0 Å². The monoisotopic (exact) mass is 493 g/mol. The maximum absolute atomic E-state index is 15.1. The maximum Gasteiger partial charge on any atom is 0.248 e. The summed E-state index contributed by atoms with van der Waals surface area (Å²) in [5.41, 5.74) is 8.64. The summed E-state index contributed by atoms with van der Waals surface area (Å²) in [5.74, 6) is -0.717. The first-order valence-corrected chi connectivity index (χ1v) is 12.5. The van der Waals surface area contributed by atoms with E-state index in [0.717, 1.165) is 29.7 Å². The number of benzene rings is 2. The number of hydrazine groups is 1. The average Bonchev–Trinajstić information content (AvgIpc) is 3.40. The topological polar surface area (TPSA) is 99.6 Å². The van der Waals surface area contributed by atoms with Gasteiger partial charge in [0.2, 0.25) is 5.91 Å². The van der Waals surface area contributed by atoms with Gasteiger partial charge in [0.25, 0.3) is 0 Å². The fourth-order valence-electron chi connectivity index (χ4n) is 4.96. The van der Waals surface area contributed by atoms with Crippen LogP contribution in [0.5, 0.6) is 0 Å². The molecule has 0 aliphatic carbocycles. The van der Waals surface area contributed by atoms with Crippen LogP contribution in [0.25, 0.3) is 22.2 Å². The molecule has 0 radical (unpaired) electrons. The first-order valence-electron chi connectivity index (χ1n) is 11.5. The van der Waals surface area contributed by atoms with Gasteiger partial charge in [0.05, 0.1) is 41.8 Å². The van der Waals surface area contributed by atoms with Gasteiger partial charge in [-0.05, 0) is 41.3 Å². The highest BCUT2D eigenvalue weighted by molar-refractivity contribution is 8.03. The number of rotatable bonds is 4. The summed E-state index contributed by atoms with van der Waals surface area (Å²) < 4.78 is 20.5. The molecule has 10 heteroatoms. The first kappa shape index (κ1) is 22.4. The lowest BCUT2D eigenvalue weighted by Gasteiger charge is -2.36. The van der Waals surface area contributed by atoms with Gasteiger partial charge in [0.15, 0.2) is 0 Å². The largest absolute Gasteiger partial charge is 0.387 e. The standard InChI is InChI=1S/C25H24FN5O3S/c26-19-4-1-14(23(32)22-17-5-10-35-24(17)25(33)30-29-22)11-18(19)21-16-3-2-15(12-20(16)27-13-28-21)31-6-8-34-9-7-31/h1-5,10-13,17,22-24,29,32H,6-9H2,(H,30,33). The molecule has 6 rings (SSSR count). The summed E-state index contributed by atoms with van der Waals surface area (Å²) in [6.07, 6.45) is 2.41. The number of aliphatic hydroxyl groups is 1. The zero-order valence-electron chi connectivity index (χ0n) is 18.7. The molecular formula is C25H24FN5O3S. The van der Waals surface area contributed by atoms with E-state index in [-0.39, 0.29) is 17.1 Å². The van der Waals surface area contributed by atoms with Crippen molar-refractivity contribution in [2.75, 3.05) is 31.2 Å². The number of nitrogens with one attached hydrogen (secondary N) is 2. The molecule has 0 saturated carbocycles. The van der Waals surface area contributed by atoms with E-state index in [1.165, 1.54) is 24.2 Å². The Kier molecular flexibility index (Phi) is 5.89. The van der Waals surface area contributed by atoms with Crippen molar-refractivity contribution in [3.8, 4) is 11.3 Å². The van der Waals surface area contributed by atoms with Crippen LogP contribution < -0.4 is 15.8 Å². The molecule has 35 heavy (non-hydrogen) atoms. The van der Waals surface area contributed by atoms with E-state index in [9.17, 15) is 9.90 Å². The Morgan fingerprint density at radius 2 is 2.03 bits per heavy atom. The van der Waals surface area contributed by atoms with Gasteiger partial charge in [-0.25, -0.2) is 19.8 Å². The second-order valence-corrected chi connectivity index (χ2v) is 9.88. The van der Waals surface area contributed by atoms with Gasteiger partial charge >= 0.3 is 0 Å². The molecular weight excluding hydrogens is 469 g/mol. The van der Waals surface area contributed by atoms with Crippen LogP contribution in [0.15, 0.2) is 54.2 Å². The minimum Gasteiger partial charge on any atom is -0.387 e. The number of aromatic nitrogens is 2. The van der Waals surface area contributed by atoms with Crippen molar-refractivity contribution in [1.82, 2.24) is 20.8 Å². The van der Waals surface area contributed by atoms with Gasteiger partial charge < -0.3 is 14.7 Å². The van der Waals surface area contributed by atoms with E-state index in [2.05, 4.69) is 25.7 Å². The van der Waals surface area contributed by atoms with E-state index in [0.29, 0.717) is 30.0 Å². The number of morpholine rings is 1. The smallest absolute Gasteiger partial charge is 0.248 e. The molecule has 4 heterocycles. The van der Waals surface area contributed by atoms with E-state index in [1.54, 1.807) is 12.1 Å². The molecule has 2 fully saturated rings. The third kappa shape index (κ3) is 4.06. The Labute approximate surface area is 205 Å². The van der Waals surface area contributed by atoms with Gasteiger partial charge in [0, 0.05) is 35.6 Å². The molecule has 1 aromatic heterocycles. The molecule has 0 bridgehead atoms. The molecule has 3 aliphatic rings.